The van der Waals surface area contributed by atoms with Crippen molar-refractivity contribution in [1.29, 1.82) is 0 Å². The van der Waals surface area contributed by atoms with Gasteiger partial charge in [0.25, 0.3) is 0 Å². The number of carboxylic acids is 1. The number of aliphatic carboxylic acids is 1. The number of nitrogens with two attached hydrogens (primary N) is 1. The van der Waals surface area contributed by atoms with Gasteiger partial charge in [0, 0.05) is 6.20 Å². The molecule has 0 fully saturated rings. The van der Waals surface area contributed by atoms with Gasteiger partial charge < -0.3 is 16.2 Å². The van der Waals surface area contributed by atoms with Crippen LogP contribution in [0.1, 0.15) is 17.3 Å². The van der Waals surface area contributed by atoms with Crippen LogP contribution in [0.4, 0.5) is 0 Å². The lowest BCUT2D eigenvalue weighted by Gasteiger charge is -2.22. The SMILES string of the molecule is NC1NC=C(C(=O)O)c2ccccc21. The minimum absolute atomic E-state index is 0.252. The summed E-state index contributed by atoms with van der Waals surface area (Å²) in [6, 6.07) is 7.22. The Morgan fingerprint density at radius 2 is 2.14 bits per heavy atom. The number of hydrogen-bond donors (Lipinski definition) is 3. The largest absolute Gasteiger partial charge is 0.478 e. The molecule has 4 nitrogen and oxygen atoms in total. The molecule has 1 aromatic rings. The van der Waals surface area contributed by atoms with E-state index in [1.807, 2.05) is 12.1 Å². The molecule has 0 radical (unpaired) electrons. The normalized spacial score (nSPS) is 19.2. The van der Waals surface area contributed by atoms with Crippen molar-refractivity contribution in [1.82, 2.24) is 5.32 Å². The molecule has 1 aliphatic rings. The first kappa shape index (κ1) is 8.77. The Morgan fingerprint density at radius 3 is 2.86 bits per heavy atom. The molecule has 0 aliphatic carbocycles. The molecular formula is C10H10N2O2. The number of fused-ring (bicyclic) bond motifs is 1. The van der Waals surface area contributed by atoms with E-state index in [0.29, 0.717) is 5.56 Å². The van der Waals surface area contributed by atoms with Crippen LogP contribution in [0, 0.1) is 0 Å². The number of carbonyl (C=O) groups is 1. The highest BCUT2D eigenvalue weighted by atomic mass is 16.4. The van der Waals surface area contributed by atoms with Crippen molar-refractivity contribution in [3.8, 4) is 0 Å². The van der Waals surface area contributed by atoms with E-state index in [0.717, 1.165) is 5.56 Å². The molecule has 4 heteroatoms. The molecule has 0 spiro atoms. The average Bonchev–Trinajstić information content (AvgIpc) is 2.18. The van der Waals surface area contributed by atoms with Gasteiger partial charge in [-0.1, -0.05) is 24.3 Å². The van der Waals surface area contributed by atoms with Gasteiger partial charge in [-0.05, 0) is 11.1 Å². The molecule has 1 heterocycles. The second-order valence-corrected chi connectivity index (χ2v) is 3.09. The van der Waals surface area contributed by atoms with Crippen LogP contribution in [-0.2, 0) is 4.79 Å². The Morgan fingerprint density at radius 1 is 1.43 bits per heavy atom. The van der Waals surface area contributed by atoms with Crippen molar-refractivity contribution in [2.24, 2.45) is 5.73 Å². The van der Waals surface area contributed by atoms with Gasteiger partial charge in [-0.15, -0.1) is 0 Å². The summed E-state index contributed by atoms with van der Waals surface area (Å²) in [6.45, 7) is 0. The quantitative estimate of drug-likeness (QED) is 0.608. The van der Waals surface area contributed by atoms with Gasteiger partial charge in [-0.2, -0.15) is 0 Å². The van der Waals surface area contributed by atoms with Crippen molar-refractivity contribution < 1.29 is 9.90 Å². The van der Waals surface area contributed by atoms with E-state index in [4.69, 9.17) is 10.8 Å². The van der Waals surface area contributed by atoms with Crippen molar-refractivity contribution in [3.05, 3.63) is 41.6 Å². The summed E-state index contributed by atoms with van der Waals surface area (Å²) >= 11 is 0. The van der Waals surface area contributed by atoms with Crippen LogP contribution in [0.2, 0.25) is 0 Å². The summed E-state index contributed by atoms with van der Waals surface area (Å²) in [5.41, 5.74) is 7.51. The van der Waals surface area contributed by atoms with Gasteiger partial charge >= 0.3 is 5.97 Å². The third-order valence-corrected chi connectivity index (χ3v) is 2.22. The van der Waals surface area contributed by atoms with Crippen molar-refractivity contribution in [3.63, 3.8) is 0 Å². The second kappa shape index (κ2) is 3.16. The van der Waals surface area contributed by atoms with Crippen molar-refractivity contribution in [2.45, 2.75) is 6.17 Å². The van der Waals surface area contributed by atoms with Gasteiger partial charge in [-0.25, -0.2) is 4.79 Å². The topological polar surface area (TPSA) is 75.3 Å². The zero-order valence-electron chi connectivity index (χ0n) is 7.40. The predicted octanol–water partition coefficient (Wildman–Crippen LogP) is 0.673. The maximum atomic E-state index is 10.9. The van der Waals surface area contributed by atoms with Gasteiger partial charge in [0.15, 0.2) is 0 Å². The third-order valence-electron chi connectivity index (χ3n) is 2.22. The van der Waals surface area contributed by atoms with E-state index in [1.54, 1.807) is 12.1 Å². The minimum atomic E-state index is -0.947. The predicted molar refractivity (Wildman–Crippen MR) is 52.1 cm³/mol. The average molecular weight is 190 g/mol. The van der Waals surface area contributed by atoms with E-state index in [1.165, 1.54) is 6.20 Å². The molecule has 0 saturated heterocycles. The molecule has 14 heavy (non-hydrogen) atoms. The third kappa shape index (κ3) is 1.25. The standard InChI is InChI=1S/C10H10N2O2/c11-9-7-4-2-1-3-6(7)8(5-12-9)10(13)14/h1-5,9,12H,11H2,(H,13,14). The zero-order chi connectivity index (χ0) is 10.1. The molecule has 0 amide bonds. The molecule has 72 valence electrons. The number of hydrogen-bond acceptors (Lipinski definition) is 3. The molecule has 1 aromatic carbocycles. The first-order valence-electron chi connectivity index (χ1n) is 4.24. The molecular weight excluding hydrogens is 180 g/mol. The molecule has 0 saturated carbocycles. The van der Waals surface area contributed by atoms with Gasteiger partial charge in [0.1, 0.15) is 6.17 Å². The van der Waals surface area contributed by atoms with E-state index >= 15 is 0 Å². The molecule has 2 rings (SSSR count). The van der Waals surface area contributed by atoms with E-state index in [-0.39, 0.29) is 11.7 Å². The summed E-state index contributed by atoms with van der Waals surface area (Å²) in [6.07, 6.45) is 1.12. The minimum Gasteiger partial charge on any atom is -0.478 e. The van der Waals surface area contributed by atoms with Crippen molar-refractivity contribution >= 4 is 11.5 Å². The van der Waals surface area contributed by atoms with E-state index in [2.05, 4.69) is 5.32 Å². The fourth-order valence-electron chi connectivity index (χ4n) is 1.53. The fraction of sp³-hybridized carbons (Fsp3) is 0.100. The lowest BCUT2D eigenvalue weighted by Crippen LogP contribution is -2.29. The van der Waals surface area contributed by atoms with Gasteiger partial charge in [0.2, 0.25) is 0 Å². The highest BCUT2D eigenvalue weighted by Gasteiger charge is 2.21. The summed E-state index contributed by atoms with van der Waals surface area (Å²) in [7, 11) is 0. The van der Waals surface area contributed by atoms with Crippen LogP contribution in [0.15, 0.2) is 30.5 Å². The van der Waals surface area contributed by atoms with Crippen LogP contribution < -0.4 is 11.1 Å². The molecule has 1 aliphatic heterocycles. The van der Waals surface area contributed by atoms with Crippen LogP contribution in [0.3, 0.4) is 0 Å². The number of benzene rings is 1. The lowest BCUT2D eigenvalue weighted by molar-refractivity contribution is -0.130. The Kier molecular flexibility index (Phi) is 1.98. The number of nitrogens with one attached hydrogen (secondary N) is 1. The number of rotatable bonds is 1. The highest BCUT2D eigenvalue weighted by molar-refractivity contribution is 6.16. The molecule has 1 atom stereocenters. The van der Waals surface area contributed by atoms with Crippen LogP contribution in [0.5, 0.6) is 0 Å². The van der Waals surface area contributed by atoms with Gasteiger partial charge in [0.05, 0.1) is 5.57 Å². The Labute approximate surface area is 81.0 Å². The number of carboxylic acid groups (broad SMARTS) is 1. The summed E-state index contributed by atoms with van der Waals surface area (Å²) in [4.78, 5) is 10.9. The monoisotopic (exact) mass is 190 g/mol. The first-order valence-corrected chi connectivity index (χ1v) is 4.24. The maximum Gasteiger partial charge on any atom is 0.337 e. The Bertz CT molecular complexity index is 412. The van der Waals surface area contributed by atoms with Crippen LogP contribution >= 0.6 is 0 Å². The van der Waals surface area contributed by atoms with Crippen LogP contribution in [-0.4, -0.2) is 11.1 Å². The second-order valence-electron chi connectivity index (χ2n) is 3.09. The summed E-state index contributed by atoms with van der Waals surface area (Å²) in [5, 5.41) is 11.7. The van der Waals surface area contributed by atoms with Crippen molar-refractivity contribution in [2.75, 3.05) is 0 Å². The van der Waals surface area contributed by atoms with E-state index in [9.17, 15) is 4.79 Å². The smallest absolute Gasteiger partial charge is 0.337 e. The summed E-state index contributed by atoms with van der Waals surface area (Å²) in [5.74, 6) is -0.947. The first-order chi connectivity index (χ1) is 6.70. The molecule has 0 bridgehead atoms. The molecule has 0 aromatic heterocycles. The van der Waals surface area contributed by atoms with E-state index < -0.39 is 5.97 Å². The lowest BCUT2D eigenvalue weighted by atomic mass is 9.96. The summed E-state index contributed by atoms with van der Waals surface area (Å²) < 4.78 is 0. The zero-order valence-corrected chi connectivity index (χ0v) is 7.40. The Balaban J connectivity index is 2.56. The highest BCUT2D eigenvalue weighted by Crippen LogP contribution is 2.26. The van der Waals surface area contributed by atoms with Gasteiger partial charge in [-0.3, -0.25) is 0 Å². The maximum absolute atomic E-state index is 10.9. The molecule has 1 unspecified atom stereocenters. The fourth-order valence-corrected chi connectivity index (χ4v) is 1.53. The Hall–Kier alpha value is -1.81. The molecule has 4 N–H and O–H groups in total. The van der Waals surface area contributed by atoms with Crippen LogP contribution in [0.25, 0.3) is 5.57 Å².